The third-order valence-electron chi connectivity index (χ3n) is 3.34. The summed E-state index contributed by atoms with van der Waals surface area (Å²) < 4.78 is 13.0. The van der Waals surface area contributed by atoms with Crippen molar-refractivity contribution in [3.63, 3.8) is 0 Å². The average molecular weight is 338 g/mol. The Morgan fingerprint density at radius 3 is 2.48 bits per heavy atom. The fourth-order valence-electron chi connectivity index (χ4n) is 2.23. The molecule has 3 aromatic rings. The molecule has 0 bridgehead atoms. The van der Waals surface area contributed by atoms with Crippen LogP contribution < -0.4 is 10.6 Å². The van der Waals surface area contributed by atoms with Crippen molar-refractivity contribution in [2.24, 2.45) is 0 Å². The second-order valence-electron chi connectivity index (χ2n) is 5.36. The molecule has 7 heteroatoms. The van der Waals surface area contributed by atoms with Crippen molar-refractivity contribution in [2.45, 2.75) is 6.92 Å². The Labute approximate surface area is 143 Å². The molecule has 0 atom stereocenters. The van der Waals surface area contributed by atoms with Crippen LogP contribution in [-0.2, 0) is 0 Å². The number of nitrogens with zero attached hydrogens (tertiary/aromatic N) is 2. The number of aromatic nitrogens is 2. The van der Waals surface area contributed by atoms with E-state index in [-0.39, 0.29) is 11.4 Å². The zero-order valence-electron chi connectivity index (χ0n) is 13.3. The number of rotatable bonds is 5. The predicted octanol–water partition coefficient (Wildman–Crippen LogP) is 4.11. The summed E-state index contributed by atoms with van der Waals surface area (Å²) in [7, 11) is 0. The van der Waals surface area contributed by atoms with Crippen LogP contribution in [0.3, 0.4) is 0 Å². The Balaban J connectivity index is 1.83. The van der Waals surface area contributed by atoms with E-state index >= 15 is 0 Å². The number of carboxylic acid groups (broad SMARTS) is 1. The highest BCUT2D eigenvalue weighted by atomic mass is 19.1. The Kier molecular flexibility index (Phi) is 4.56. The van der Waals surface area contributed by atoms with Gasteiger partial charge in [0.1, 0.15) is 11.6 Å². The second kappa shape index (κ2) is 6.96. The van der Waals surface area contributed by atoms with Crippen LogP contribution in [0.1, 0.15) is 16.1 Å². The molecule has 0 amide bonds. The number of anilines is 4. The minimum Gasteiger partial charge on any atom is -0.478 e. The normalized spacial score (nSPS) is 10.3. The number of nitrogens with one attached hydrogen (secondary N) is 2. The lowest BCUT2D eigenvalue weighted by Gasteiger charge is -2.10. The van der Waals surface area contributed by atoms with Gasteiger partial charge in [-0.2, -0.15) is 4.98 Å². The van der Waals surface area contributed by atoms with Gasteiger partial charge in [0.15, 0.2) is 0 Å². The summed E-state index contributed by atoms with van der Waals surface area (Å²) in [5.74, 6) is -0.458. The number of carboxylic acids is 1. The maximum atomic E-state index is 13.0. The van der Waals surface area contributed by atoms with Crippen molar-refractivity contribution in [3.8, 4) is 0 Å². The second-order valence-corrected chi connectivity index (χ2v) is 5.36. The molecule has 2 aromatic carbocycles. The number of hydrogen-bond acceptors (Lipinski definition) is 5. The van der Waals surface area contributed by atoms with E-state index in [4.69, 9.17) is 5.11 Å². The van der Waals surface area contributed by atoms with Crippen molar-refractivity contribution in [1.82, 2.24) is 9.97 Å². The highest BCUT2D eigenvalue weighted by Gasteiger charge is 2.06. The first-order chi connectivity index (χ1) is 12.0. The Morgan fingerprint density at radius 1 is 1.00 bits per heavy atom. The molecular weight excluding hydrogens is 323 g/mol. The first-order valence-electron chi connectivity index (χ1n) is 7.48. The minimum absolute atomic E-state index is 0.181. The monoisotopic (exact) mass is 338 g/mol. The van der Waals surface area contributed by atoms with Crippen molar-refractivity contribution in [3.05, 3.63) is 71.7 Å². The Hall–Kier alpha value is -3.48. The number of aryl methyl sites for hydroxylation is 1. The molecular formula is C18H15FN4O2. The predicted molar refractivity (Wildman–Crippen MR) is 93.1 cm³/mol. The quantitative estimate of drug-likeness (QED) is 0.649. The van der Waals surface area contributed by atoms with Crippen LogP contribution in [0.25, 0.3) is 0 Å². The third kappa shape index (κ3) is 4.29. The summed E-state index contributed by atoms with van der Waals surface area (Å²) in [6, 6.07) is 14.0. The highest BCUT2D eigenvalue weighted by molar-refractivity contribution is 5.89. The van der Waals surface area contributed by atoms with E-state index in [1.165, 1.54) is 24.3 Å². The van der Waals surface area contributed by atoms with Gasteiger partial charge in [0.2, 0.25) is 5.95 Å². The number of halogens is 1. The van der Waals surface area contributed by atoms with E-state index in [1.807, 2.05) is 6.92 Å². The summed E-state index contributed by atoms with van der Waals surface area (Å²) >= 11 is 0. The van der Waals surface area contributed by atoms with Gasteiger partial charge in [-0.1, -0.05) is 6.07 Å². The molecule has 0 saturated heterocycles. The van der Waals surface area contributed by atoms with Crippen molar-refractivity contribution in [2.75, 3.05) is 10.6 Å². The van der Waals surface area contributed by atoms with Gasteiger partial charge in [-0.05, 0) is 49.4 Å². The lowest BCUT2D eigenvalue weighted by atomic mass is 10.2. The molecule has 1 aromatic heterocycles. The number of carbonyl (C=O) groups is 1. The molecule has 6 nitrogen and oxygen atoms in total. The Morgan fingerprint density at radius 2 is 1.76 bits per heavy atom. The van der Waals surface area contributed by atoms with E-state index in [0.29, 0.717) is 23.1 Å². The van der Waals surface area contributed by atoms with Crippen LogP contribution in [0.5, 0.6) is 0 Å². The number of benzene rings is 2. The van der Waals surface area contributed by atoms with E-state index in [0.717, 1.165) is 5.69 Å². The molecule has 0 aliphatic heterocycles. The molecule has 126 valence electrons. The fraction of sp³-hybridized carbons (Fsp3) is 0.0556. The largest absolute Gasteiger partial charge is 0.478 e. The van der Waals surface area contributed by atoms with E-state index in [9.17, 15) is 9.18 Å². The zero-order valence-corrected chi connectivity index (χ0v) is 13.3. The van der Waals surface area contributed by atoms with E-state index in [2.05, 4.69) is 20.6 Å². The minimum atomic E-state index is -0.999. The zero-order chi connectivity index (χ0) is 17.8. The van der Waals surface area contributed by atoms with Gasteiger partial charge in [-0.25, -0.2) is 14.2 Å². The average Bonchev–Trinajstić information content (AvgIpc) is 2.57. The molecule has 0 fully saturated rings. The molecule has 1 heterocycles. The van der Waals surface area contributed by atoms with Gasteiger partial charge in [-0.3, -0.25) is 0 Å². The smallest absolute Gasteiger partial charge is 0.335 e. The Bertz CT molecular complexity index is 913. The maximum Gasteiger partial charge on any atom is 0.335 e. The SMILES string of the molecule is Cc1cc(Nc2cccc(C(=O)O)c2)nc(Nc2ccc(F)cc2)n1. The van der Waals surface area contributed by atoms with Gasteiger partial charge in [0.25, 0.3) is 0 Å². The van der Waals surface area contributed by atoms with E-state index < -0.39 is 5.97 Å². The van der Waals surface area contributed by atoms with Gasteiger partial charge >= 0.3 is 5.97 Å². The molecule has 25 heavy (non-hydrogen) atoms. The van der Waals surface area contributed by atoms with Crippen LogP contribution >= 0.6 is 0 Å². The fourth-order valence-corrected chi connectivity index (χ4v) is 2.23. The lowest BCUT2D eigenvalue weighted by molar-refractivity contribution is 0.0697. The summed E-state index contributed by atoms with van der Waals surface area (Å²) in [4.78, 5) is 19.7. The van der Waals surface area contributed by atoms with Crippen LogP contribution in [0.2, 0.25) is 0 Å². The van der Waals surface area contributed by atoms with Crippen molar-refractivity contribution < 1.29 is 14.3 Å². The van der Waals surface area contributed by atoms with E-state index in [1.54, 1.807) is 30.3 Å². The van der Waals surface area contributed by atoms with Gasteiger partial charge in [0, 0.05) is 23.1 Å². The molecule has 0 unspecified atom stereocenters. The molecule has 0 radical (unpaired) electrons. The summed E-state index contributed by atoms with van der Waals surface area (Å²) in [6.07, 6.45) is 0. The first-order valence-corrected chi connectivity index (χ1v) is 7.48. The first kappa shape index (κ1) is 16.4. The van der Waals surface area contributed by atoms with Gasteiger partial charge < -0.3 is 15.7 Å². The molecule has 3 N–H and O–H groups in total. The standard InChI is InChI=1S/C18H15FN4O2/c1-11-9-16(21-15-4-2-3-12(10-15)17(24)25)23-18(20-11)22-14-7-5-13(19)6-8-14/h2-10H,1H3,(H,24,25)(H2,20,21,22,23). The van der Waals surface area contributed by atoms with Crippen molar-refractivity contribution >= 4 is 29.1 Å². The number of aromatic carboxylic acids is 1. The van der Waals surface area contributed by atoms with Crippen molar-refractivity contribution in [1.29, 1.82) is 0 Å². The topological polar surface area (TPSA) is 87.1 Å². The summed E-state index contributed by atoms with van der Waals surface area (Å²) in [6.45, 7) is 1.82. The number of hydrogen-bond donors (Lipinski definition) is 3. The molecule has 0 aliphatic carbocycles. The van der Waals surface area contributed by atoms with Crippen LogP contribution in [-0.4, -0.2) is 21.0 Å². The summed E-state index contributed by atoms with van der Waals surface area (Å²) in [5.41, 5.74) is 2.16. The third-order valence-corrected chi connectivity index (χ3v) is 3.34. The molecule has 0 spiro atoms. The summed E-state index contributed by atoms with van der Waals surface area (Å²) in [5, 5.41) is 15.1. The van der Waals surface area contributed by atoms with Gasteiger partial charge in [0.05, 0.1) is 5.56 Å². The van der Waals surface area contributed by atoms with Crippen LogP contribution in [0, 0.1) is 12.7 Å². The van der Waals surface area contributed by atoms with Crippen LogP contribution in [0.15, 0.2) is 54.6 Å². The lowest BCUT2D eigenvalue weighted by Crippen LogP contribution is -2.03. The molecule has 3 rings (SSSR count). The van der Waals surface area contributed by atoms with Crippen LogP contribution in [0.4, 0.5) is 27.5 Å². The maximum absolute atomic E-state index is 13.0. The molecule has 0 aliphatic rings. The molecule has 0 saturated carbocycles. The van der Waals surface area contributed by atoms with Gasteiger partial charge in [-0.15, -0.1) is 0 Å². The highest BCUT2D eigenvalue weighted by Crippen LogP contribution is 2.20.